The first-order chi connectivity index (χ1) is 13.1. The van der Waals surface area contributed by atoms with Crippen molar-refractivity contribution in [3.63, 3.8) is 0 Å². The Labute approximate surface area is 154 Å². The molecule has 8 heteroatoms. The molecule has 0 unspecified atom stereocenters. The number of aromatic nitrogens is 4. The van der Waals surface area contributed by atoms with Gasteiger partial charge in [-0.3, -0.25) is 0 Å². The van der Waals surface area contributed by atoms with Crippen LogP contribution in [0.25, 0.3) is 11.3 Å². The molecule has 0 fully saturated rings. The van der Waals surface area contributed by atoms with Crippen LogP contribution in [0.1, 0.15) is 5.89 Å². The first-order valence-corrected chi connectivity index (χ1v) is 8.23. The van der Waals surface area contributed by atoms with E-state index >= 15 is 0 Å². The highest BCUT2D eigenvalue weighted by molar-refractivity contribution is 5.55. The van der Waals surface area contributed by atoms with Crippen LogP contribution in [-0.4, -0.2) is 18.7 Å². The Morgan fingerprint density at radius 3 is 2.00 bits per heavy atom. The Bertz CT molecular complexity index is 1100. The predicted octanol–water partition coefficient (Wildman–Crippen LogP) is 1.25. The number of hydrogen-bond donors (Lipinski definition) is 0. The number of rotatable bonds is 7. The topological polar surface area (TPSA) is 92.0 Å². The maximum atomic E-state index is 12.6. The van der Waals surface area contributed by atoms with Crippen LogP contribution >= 0.6 is 0 Å². The summed E-state index contributed by atoms with van der Waals surface area (Å²) in [6, 6.07) is 9.32. The van der Waals surface area contributed by atoms with E-state index in [1.165, 1.54) is 18.3 Å². The van der Waals surface area contributed by atoms with Gasteiger partial charge >= 0.3 is 17.1 Å². The van der Waals surface area contributed by atoms with Crippen LogP contribution in [0, 0.1) is 0 Å². The first-order valence-electron chi connectivity index (χ1n) is 8.23. The summed E-state index contributed by atoms with van der Waals surface area (Å²) in [5.74, 6) is 0.700. The summed E-state index contributed by atoms with van der Waals surface area (Å²) in [4.78, 5) is 41.7. The van der Waals surface area contributed by atoms with Gasteiger partial charge in [0.1, 0.15) is 6.54 Å². The van der Waals surface area contributed by atoms with Gasteiger partial charge in [-0.1, -0.05) is 42.5 Å². The van der Waals surface area contributed by atoms with Gasteiger partial charge in [0.2, 0.25) is 5.89 Å². The Morgan fingerprint density at radius 2 is 1.44 bits per heavy atom. The number of benzene rings is 1. The Morgan fingerprint density at radius 1 is 0.889 bits per heavy atom. The molecule has 0 bridgehead atoms. The summed E-state index contributed by atoms with van der Waals surface area (Å²) < 4.78 is 8.44. The molecule has 1 aromatic carbocycles. The highest BCUT2D eigenvalue weighted by Crippen LogP contribution is 2.19. The van der Waals surface area contributed by atoms with Gasteiger partial charge in [0.05, 0.1) is 19.3 Å². The molecule has 0 aliphatic rings. The third-order valence-electron chi connectivity index (χ3n) is 3.91. The minimum absolute atomic E-state index is 0.0179. The second-order valence-corrected chi connectivity index (χ2v) is 5.72. The molecule has 138 valence electrons. The fourth-order valence-corrected chi connectivity index (χ4v) is 2.64. The first kappa shape index (κ1) is 18.1. The maximum absolute atomic E-state index is 12.6. The van der Waals surface area contributed by atoms with Crippen LogP contribution in [0.2, 0.25) is 0 Å². The van der Waals surface area contributed by atoms with Crippen molar-refractivity contribution in [3.05, 3.63) is 99.2 Å². The Kier molecular flexibility index (Phi) is 5.16. The molecule has 8 nitrogen and oxygen atoms in total. The quantitative estimate of drug-likeness (QED) is 0.587. The fourth-order valence-electron chi connectivity index (χ4n) is 2.64. The summed E-state index contributed by atoms with van der Waals surface area (Å²) in [5.41, 5.74) is -1.38. The van der Waals surface area contributed by atoms with E-state index < -0.39 is 17.1 Å². The summed E-state index contributed by atoms with van der Waals surface area (Å²) in [5, 5.41) is 0. The average molecular weight is 366 g/mol. The summed E-state index contributed by atoms with van der Waals surface area (Å²) in [6.45, 7) is 6.85. The van der Waals surface area contributed by atoms with Crippen LogP contribution in [0.15, 0.2) is 80.6 Å². The molecule has 27 heavy (non-hydrogen) atoms. The summed E-state index contributed by atoms with van der Waals surface area (Å²) in [6.07, 6.45) is 4.35. The fraction of sp³-hybridized carbons (Fsp3) is 0.158. The Balaban J connectivity index is 2.07. The third kappa shape index (κ3) is 3.50. The van der Waals surface area contributed by atoms with Gasteiger partial charge in [-0.2, -0.15) is 0 Å². The SMILES string of the molecule is C=CCn1c(=O)n(CC=C)c(=O)n(Cc2ncc(-c3ccccc3)o2)c1=O. The molecule has 0 spiro atoms. The minimum atomic E-state index is -0.746. The molecule has 0 saturated carbocycles. The van der Waals surface area contributed by atoms with E-state index in [4.69, 9.17) is 4.42 Å². The van der Waals surface area contributed by atoms with Gasteiger partial charge in [-0.25, -0.2) is 33.1 Å². The molecule has 0 atom stereocenters. The van der Waals surface area contributed by atoms with Gasteiger partial charge in [-0.05, 0) is 0 Å². The maximum Gasteiger partial charge on any atom is 0.337 e. The normalized spacial score (nSPS) is 10.7. The zero-order chi connectivity index (χ0) is 19.4. The van der Waals surface area contributed by atoms with Gasteiger partial charge in [-0.15, -0.1) is 13.2 Å². The van der Waals surface area contributed by atoms with E-state index in [-0.39, 0.29) is 25.5 Å². The highest BCUT2D eigenvalue weighted by Gasteiger charge is 2.16. The predicted molar refractivity (Wildman–Crippen MR) is 101 cm³/mol. The highest BCUT2D eigenvalue weighted by atomic mass is 16.4. The third-order valence-corrected chi connectivity index (χ3v) is 3.91. The Hall–Kier alpha value is -3.68. The zero-order valence-corrected chi connectivity index (χ0v) is 14.6. The monoisotopic (exact) mass is 366 g/mol. The van der Waals surface area contributed by atoms with E-state index in [9.17, 15) is 14.4 Å². The van der Waals surface area contributed by atoms with E-state index in [0.717, 1.165) is 19.3 Å². The lowest BCUT2D eigenvalue weighted by Gasteiger charge is -2.10. The molecular weight excluding hydrogens is 348 g/mol. The van der Waals surface area contributed by atoms with E-state index in [0.29, 0.717) is 5.76 Å². The van der Waals surface area contributed by atoms with Crippen molar-refractivity contribution in [2.24, 2.45) is 0 Å². The zero-order valence-electron chi connectivity index (χ0n) is 14.6. The van der Waals surface area contributed by atoms with Crippen molar-refractivity contribution < 1.29 is 4.42 Å². The molecule has 2 heterocycles. The van der Waals surface area contributed by atoms with Gasteiger partial charge < -0.3 is 4.42 Å². The van der Waals surface area contributed by atoms with Crippen molar-refractivity contribution in [1.29, 1.82) is 0 Å². The van der Waals surface area contributed by atoms with Gasteiger partial charge in [0.25, 0.3) is 0 Å². The van der Waals surface area contributed by atoms with Crippen molar-refractivity contribution in [1.82, 2.24) is 18.7 Å². The lowest BCUT2D eigenvalue weighted by molar-refractivity contribution is 0.441. The molecule has 2 aromatic heterocycles. The standard InChI is InChI=1S/C19H18N4O4/c1-3-10-21-17(24)22(11-4-2)19(26)23(18(21)25)13-16-20-12-15(27-16)14-8-6-5-7-9-14/h3-9,12H,1-2,10-11,13H2. The van der Waals surface area contributed by atoms with Crippen molar-refractivity contribution in [3.8, 4) is 11.3 Å². The second-order valence-electron chi connectivity index (χ2n) is 5.72. The van der Waals surface area contributed by atoms with E-state index in [2.05, 4.69) is 18.1 Å². The molecule has 0 amide bonds. The summed E-state index contributed by atoms with van der Waals surface area (Å²) in [7, 11) is 0. The number of oxazole rings is 1. The van der Waals surface area contributed by atoms with Gasteiger partial charge in [0.15, 0.2) is 5.76 Å². The van der Waals surface area contributed by atoms with E-state index in [1.807, 2.05) is 30.3 Å². The number of allylic oxidation sites excluding steroid dienone is 2. The minimum Gasteiger partial charge on any atom is -0.439 e. The average Bonchev–Trinajstić information content (AvgIpc) is 3.15. The van der Waals surface area contributed by atoms with Crippen molar-refractivity contribution in [2.45, 2.75) is 19.6 Å². The molecule has 0 saturated heterocycles. The van der Waals surface area contributed by atoms with Crippen LogP contribution in [-0.2, 0) is 19.6 Å². The molecule has 0 radical (unpaired) electrons. The molecule has 3 rings (SSSR count). The smallest absolute Gasteiger partial charge is 0.337 e. The van der Waals surface area contributed by atoms with Crippen LogP contribution < -0.4 is 17.1 Å². The largest absolute Gasteiger partial charge is 0.439 e. The van der Waals surface area contributed by atoms with Gasteiger partial charge in [0, 0.05) is 5.56 Å². The number of nitrogens with zero attached hydrogens (tertiary/aromatic N) is 4. The molecule has 0 aliphatic heterocycles. The van der Waals surface area contributed by atoms with Crippen molar-refractivity contribution in [2.75, 3.05) is 0 Å². The van der Waals surface area contributed by atoms with Crippen molar-refractivity contribution >= 4 is 0 Å². The molecule has 3 aromatic rings. The molecule has 0 N–H and O–H groups in total. The second kappa shape index (κ2) is 7.69. The van der Waals surface area contributed by atoms with Crippen LogP contribution in [0.4, 0.5) is 0 Å². The molecule has 0 aliphatic carbocycles. The molecular formula is C19H18N4O4. The lowest BCUT2D eigenvalue weighted by Crippen LogP contribution is -2.54. The van der Waals surface area contributed by atoms with Crippen LogP contribution in [0.3, 0.4) is 0 Å². The number of hydrogen-bond acceptors (Lipinski definition) is 5. The lowest BCUT2D eigenvalue weighted by atomic mass is 10.2. The van der Waals surface area contributed by atoms with Crippen LogP contribution in [0.5, 0.6) is 0 Å². The summed E-state index contributed by atoms with van der Waals surface area (Å²) >= 11 is 0. The van der Waals surface area contributed by atoms with E-state index in [1.54, 1.807) is 0 Å².